The van der Waals surface area contributed by atoms with Gasteiger partial charge >= 0.3 is 0 Å². The minimum atomic E-state index is -0.176. The number of hydrogen-bond acceptors (Lipinski definition) is 5. The van der Waals surface area contributed by atoms with Crippen molar-refractivity contribution in [2.24, 2.45) is 0 Å². The molecule has 5 rings (SSSR count). The lowest BCUT2D eigenvalue weighted by Gasteiger charge is -2.36. The van der Waals surface area contributed by atoms with Crippen molar-refractivity contribution in [3.05, 3.63) is 68.5 Å². The van der Waals surface area contributed by atoms with E-state index in [0.717, 1.165) is 80.0 Å². The van der Waals surface area contributed by atoms with Gasteiger partial charge in [-0.15, -0.1) is 0 Å². The summed E-state index contributed by atoms with van der Waals surface area (Å²) in [5, 5.41) is 7.59. The molecule has 2 aliphatic heterocycles. The zero-order chi connectivity index (χ0) is 22.9. The minimum Gasteiger partial charge on any atom is -0.384 e. The van der Waals surface area contributed by atoms with Crippen LogP contribution in [0.2, 0.25) is 5.02 Å². The lowest BCUT2D eigenvalue weighted by Crippen LogP contribution is -2.46. The molecule has 3 heterocycles. The molecule has 3 N–H and O–H groups in total. The number of amides is 1. The molecule has 3 aromatic rings. The summed E-state index contributed by atoms with van der Waals surface area (Å²) in [4.78, 5) is 32.2. The Bertz CT molecular complexity index is 1260. The molecule has 0 aliphatic carbocycles. The third-order valence-electron chi connectivity index (χ3n) is 6.65. The smallest absolute Gasteiger partial charge is 0.253 e. The van der Waals surface area contributed by atoms with E-state index in [2.05, 4.69) is 43.6 Å². The number of benzene rings is 2. The van der Waals surface area contributed by atoms with Crippen molar-refractivity contribution in [2.75, 3.05) is 50.0 Å². The quantitative estimate of drug-likeness (QED) is 0.551. The average Bonchev–Trinajstić information content (AvgIpc) is 2.84. The third kappa shape index (κ3) is 4.30. The van der Waals surface area contributed by atoms with Crippen LogP contribution < -0.4 is 21.1 Å². The van der Waals surface area contributed by atoms with Crippen LogP contribution >= 0.6 is 11.6 Å². The Labute approximate surface area is 197 Å². The molecule has 8 heteroatoms. The van der Waals surface area contributed by atoms with Crippen molar-refractivity contribution in [1.29, 1.82) is 0 Å². The van der Waals surface area contributed by atoms with Crippen LogP contribution in [0.4, 0.5) is 11.4 Å². The van der Waals surface area contributed by atoms with Gasteiger partial charge in [0.25, 0.3) is 11.5 Å². The summed E-state index contributed by atoms with van der Waals surface area (Å²) in [5.74, 6) is -0.176. The Morgan fingerprint density at radius 2 is 1.94 bits per heavy atom. The van der Waals surface area contributed by atoms with Crippen LogP contribution in [-0.4, -0.2) is 55.6 Å². The Hall–Kier alpha value is -3.03. The standard InChI is InChI=1S/C25H28ClN5O2/c1-27-24(32)18-7-5-17(14-21(18)26)31-11-9-30(10-12-31)15-16-4-6-19-22(13-16)29-25(33)20-3-2-8-28-23(19)20/h4-7,13-14,28H,2-3,8-12,15H2,1H3,(H,27,32)(H,29,33). The summed E-state index contributed by atoms with van der Waals surface area (Å²) < 4.78 is 0. The van der Waals surface area contributed by atoms with E-state index in [4.69, 9.17) is 11.6 Å². The topological polar surface area (TPSA) is 80.5 Å². The minimum absolute atomic E-state index is 0.0246. The highest BCUT2D eigenvalue weighted by molar-refractivity contribution is 6.34. The summed E-state index contributed by atoms with van der Waals surface area (Å²) in [6, 6.07) is 12.0. The number of carbonyl (C=O) groups is 1. The maximum Gasteiger partial charge on any atom is 0.253 e. The number of halogens is 1. The molecule has 0 unspecified atom stereocenters. The van der Waals surface area contributed by atoms with Crippen LogP contribution in [0.25, 0.3) is 10.9 Å². The van der Waals surface area contributed by atoms with E-state index >= 15 is 0 Å². The van der Waals surface area contributed by atoms with E-state index in [1.807, 2.05) is 12.1 Å². The van der Waals surface area contributed by atoms with Gasteiger partial charge in [0, 0.05) is 63.0 Å². The molecule has 172 valence electrons. The first-order valence-corrected chi connectivity index (χ1v) is 11.8. The second-order valence-electron chi connectivity index (χ2n) is 8.72. The molecule has 0 bridgehead atoms. The second-order valence-corrected chi connectivity index (χ2v) is 9.13. The van der Waals surface area contributed by atoms with Crippen LogP contribution in [0.1, 0.15) is 27.9 Å². The van der Waals surface area contributed by atoms with Crippen molar-refractivity contribution in [3.63, 3.8) is 0 Å². The van der Waals surface area contributed by atoms with Gasteiger partial charge in [0.1, 0.15) is 0 Å². The molecule has 1 fully saturated rings. The molecule has 0 saturated carbocycles. The normalized spacial score (nSPS) is 16.4. The first kappa shape index (κ1) is 21.8. The molecule has 0 radical (unpaired) electrons. The van der Waals surface area contributed by atoms with Crippen LogP contribution in [0.15, 0.2) is 41.2 Å². The summed E-state index contributed by atoms with van der Waals surface area (Å²) in [6.07, 6.45) is 1.83. The molecule has 2 aromatic carbocycles. The predicted molar refractivity (Wildman–Crippen MR) is 134 cm³/mol. The zero-order valence-electron chi connectivity index (χ0n) is 18.7. The van der Waals surface area contributed by atoms with E-state index in [0.29, 0.717) is 10.6 Å². The number of pyridine rings is 1. The fourth-order valence-electron chi connectivity index (χ4n) is 4.85. The van der Waals surface area contributed by atoms with Gasteiger partial charge < -0.3 is 20.5 Å². The highest BCUT2D eigenvalue weighted by Crippen LogP contribution is 2.29. The highest BCUT2D eigenvalue weighted by Gasteiger charge is 2.20. The Balaban J connectivity index is 1.26. The van der Waals surface area contributed by atoms with E-state index in [1.165, 1.54) is 5.56 Å². The molecule has 0 atom stereocenters. The van der Waals surface area contributed by atoms with Gasteiger partial charge in [-0.25, -0.2) is 0 Å². The molecule has 33 heavy (non-hydrogen) atoms. The third-order valence-corrected chi connectivity index (χ3v) is 6.96. The van der Waals surface area contributed by atoms with Crippen LogP contribution in [-0.2, 0) is 13.0 Å². The van der Waals surface area contributed by atoms with Crippen molar-refractivity contribution in [3.8, 4) is 0 Å². The summed E-state index contributed by atoms with van der Waals surface area (Å²) in [7, 11) is 1.60. The average molecular weight is 466 g/mol. The van der Waals surface area contributed by atoms with Gasteiger partial charge in [-0.05, 0) is 42.7 Å². The fraction of sp³-hybridized carbons (Fsp3) is 0.360. The number of fused-ring (bicyclic) bond motifs is 3. The van der Waals surface area contributed by atoms with Crippen molar-refractivity contribution in [1.82, 2.24) is 15.2 Å². The molecular weight excluding hydrogens is 438 g/mol. The molecule has 7 nitrogen and oxygen atoms in total. The molecule has 1 amide bonds. The Morgan fingerprint density at radius 3 is 2.70 bits per heavy atom. The number of nitrogens with zero attached hydrogens (tertiary/aromatic N) is 2. The highest BCUT2D eigenvalue weighted by atomic mass is 35.5. The number of hydrogen-bond donors (Lipinski definition) is 3. The summed E-state index contributed by atoms with van der Waals surface area (Å²) >= 11 is 6.33. The first-order valence-electron chi connectivity index (χ1n) is 11.4. The Kier molecular flexibility index (Phi) is 6.00. The molecule has 0 spiro atoms. The van der Waals surface area contributed by atoms with Gasteiger partial charge in [0.2, 0.25) is 0 Å². The molecular formula is C25H28ClN5O2. The zero-order valence-corrected chi connectivity index (χ0v) is 19.5. The number of piperazine rings is 1. The first-order chi connectivity index (χ1) is 16.0. The fourth-order valence-corrected chi connectivity index (χ4v) is 5.11. The van der Waals surface area contributed by atoms with Gasteiger partial charge in [-0.1, -0.05) is 23.7 Å². The number of carbonyl (C=O) groups excluding carboxylic acids is 1. The molecule has 1 saturated heterocycles. The number of aromatic nitrogens is 1. The second kappa shape index (κ2) is 9.08. The van der Waals surface area contributed by atoms with Crippen molar-refractivity contribution < 1.29 is 4.79 Å². The maximum atomic E-state index is 12.5. The summed E-state index contributed by atoms with van der Waals surface area (Å²) in [6.45, 7) is 5.38. The van der Waals surface area contributed by atoms with E-state index in [1.54, 1.807) is 13.1 Å². The lowest BCUT2D eigenvalue weighted by atomic mass is 10.0. The number of rotatable bonds is 4. The largest absolute Gasteiger partial charge is 0.384 e. The number of anilines is 2. The molecule has 1 aromatic heterocycles. The Morgan fingerprint density at radius 1 is 1.12 bits per heavy atom. The van der Waals surface area contributed by atoms with Gasteiger partial charge in [0.15, 0.2) is 0 Å². The lowest BCUT2D eigenvalue weighted by molar-refractivity contribution is 0.0963. The van der Waals surface area contributed by atoms with Crippen LogP contribution in [0.3, 0.4) is 0 Å². The predicted octanol–water partition coefficient (Wildman–Crippen LogP) is 3.22. The summed E-state index contributed by atoms with van der Waals surface area (Å²) in [5.41, 5.74) is 5.52. The van der Waals surface area contributed by atoms with E-state index in [-0.39, 0.29) is 11.5 Å². The number of aromatic amines is 1. The molecule has 2 aliphatic rings. The van der Waals surface area contributed by atoms with E-state index in [9.17, 15) is 9.59 Å². The van der Waals surface area contributed by atoms with E-state index < -0.39 is 0 Å². The van der Waals surface area contributed by atoms with Crippen LogP contribution in [0.5, 0.6) is 0 Å². The monoisotopic (exact) mass is 465 g/mol. The van der Waals surface area contributed by atoms with Gasteiger partial charge in [0.05, 0.1) is 21.8 Å². The van der Waals surface area contributed by atoms with Crippen LogP contribution in [0, 0.1) is 0 Å². The SMILES string of the molecule is CNC(=O)c1ccc(N2CCN(Cc3ccc4c5c(c(=O)[nH]c4c3)CCCN5)CC2)cc1Cl. The number of nitrogens with one attached hydrogen (secondary N) is 3. The van der Waals surface area contributed by atoms with Crippen molar-refractivity contribution >= 4 is 39.8 Å². The maximum absolute atomic E-state index is 12.5. The van der Waals surface area contributed by atoms with Gasteiger partial charge in [-0.2, -0.15) is 0 Å². The van der Waals surface area contributed by atoms with Gasteiger partial charge in [-0.3, -0.25) is 14.5 Å². The van der Waals surface area contributed by atoms with Crippen molar-refractivity contribution in [2.45, 2.75) is 19.4 Å². The number of H-pyrrole nitrogens is 1.